The molecule has 8 nitrogen and oxygen atoms in total. The second kappa shape index (κ2) is 11.6. The number of hydrogen-bond acceptors (Lipinski definition) is 6. The quantitative estimate of drug-likeness (QED) is 0.297. The van der Waals surface area contributed by atoms with Gasteiger partial charge < -0.3 is 10.2 Å². The third kappa shape index (κ3) is 6.05. The van der Waals surface area contributed by atoms with Crippen LogP contribution < -0.4 is 19.7 Å². The van der Waals surface area contributed by atoms with E-state index < -0.39 is 20.0 Å². The Hall–Kier alpha value is -3.31. The van der Waals surface area contributed by atoms with Crippen molar-refractivity contribution < 1.29 is 16.8 Å². The molecule has 11 heteroatoms. The molecule has 0 spiro atoms. The van der Waals surface area contributed by atoms with E-state index in [0.29, 0.717) is 5.39 Å². The third-order valence-corrected chi connectivity index (χ3v) is 9.09. The van der Waals surface area contributed by atoms with Crippen LogP contribution in [0.25, 0.3) is 10.8 Å². The van der Waals surface area contributed by atoms with E-state index in [4.69, 9.17) is 0 Å². The Balaban J connectivity index is 0.00000336. The summed E-state index contributed by atoms with van der Waals surface area (Å²) in [4.78, 5) is 2.36. The molecule has 0 saturated carbocycles. The maximum absolute atomic E-state index is 13.5. The molecule has 4 aromatic carbocycles. The number of fused-ring (bicyclic) bond motifs is 1. The van der Waals surface area contributed by atoms with Gasteiger partial charge in [0.05, 0.1) is 21.2 Å². The number of nitrogens with one attached hydrogen (secondary N) is 3. The monoisotopic (exact) mass is 572 g/mol. The van der Waals surface area contributed by atoms with Gasteiger partial charge in [-0.25, -0.2) is 16.8 Å². The highest BCUT2D eigenvalue weighted by atomic mass is 35.5. The fourth-order valence-corrected chi connectivity index (χ4v) is 6.84. The zero-order chi connectivity index (χ0) is 25.9. The number of nitrogens with zero attached hydrogens (tertiary/aromatic N) is 1. The van der Waals surface area contributed by atoms with Gasteiger partial charge in [-0.2, -0.15) is 0 Å². The van der Waals surface area contributed by atoms with E-state index in [1.165, 1.54) is 18.2 Å². The van der Waals surface area contributed by atoms with Gasteiger partial charge in [0.25, 0.3) is 20.0 Å². The van der Waals surface area contributed by atoms with E-state index in [0.717, 1.165) is 43.7 Å². The van der Waals surface area contributed by atoms with Gasteiger partial charge in [-0.1, -0.05) is 54.6 Å². The molecular weight excluding hydrogens is 544 g/mol. The number of benzene rings is 4. The van der Waals surface area contributed by atoms with Gasteiger partial charge in [-0.3, -0.25) is 9.44 Å². The highest BCUT2D eigenvalue weighted by Gasteiger charge is 2.23. The van der Waals surface area contributed by atoms with Crippen molar-refractivity contribution in [1.82, 2.24) is 5.32 Å². The average Bonchev–Trinajstić information content (AvgIpc) is 3.19. The minimum atomic E-state index is -4.03. The van der Waals surface area contributed by atoms with Crippen molar-refractivity contribution in [2.75, 3.05) is 40.5 Å². The Labute approximate surface area is 229 Å². The van der Waals surface area contributed by atoms with Crippen LogP contribution in [0, 0.1) is 0 Å². The van der Waals surface area contributed by atoms with Gasteiger partial charge in [0, 0.05) is 30.7 Å². The van der Waals surface area contributed by atoms with E-state index in [1.807, 2.05) is 24.3 Å². The highest BCUT2D eigenvalue weighted by molar-refractivity contribution is 7.93. The molecule has 0 bridgehead atoms. The van der Waals surface area contributed by atoms with Crippen molar-refractivity contribution in [1.29, 1.82) is 0 Å². The molecule has 0 radical (unpaired) electrons. The van der Waals surface area contributed by atoms with Crippen molar-refractivity contribution in [3.8, 4) is 0 Å². The molecule has 0 amide bonds. The molecule has 1 aliphatic rings. The summed E-state index contributed by atoms with van der Waals surface area (Å²) in [6.07, 6.45) is 0.945. The molecule has 1 aliphatic heterocycles. The predicted octanol–water partition coefficient (Wildman–Crippen LogP) is 4.66. The van der Waals surface area contributed by atoms with Gasteiger partial charge in [0.15, 0.2) is 0 Å². The van der Waals surface area contributed by atoms with E-state index in [2.05, 4.69) is 19.7 Å². The van der Waals surface area contributed by atoms with Crippen molar-refractivity contribution >= 4 is 60.3 Å². The van der Waals surface area contributed by atoms with Gasteiger partial charge in [-0.15, -0.1) is 12.4 Å². The summed E-state index contributed by atoms with van der Waals surface area (Å²) in [5.41, 5.74) is 1.11. The molecule has 0 aromatic heterocycles. The standard InChI is InChI=1S/C27H28N4O4S2.ClH/c32-36(33,23-10-2-1-3-11-23)30-26-20-22(31-18-7-16-28-17-19-31)14-15-25(26)29-37(34,35)27-13-6-9-21-8-4-5-12-24(21)27;/h1-6,8-15,20,28-30H,7,16-19H2;1H. The third-order valence-electron chi connectivity index (χ3n) is 6.29. The maximum Gasteiger partial charge on any atom is 0.262 e. The average molecular weight is 573 g/mol. The molecule has 38 heavy (non-hydrogen) atoms. The maximum atomic E-state index is 13.5. The molecule has 0 atom stereocenters. The largest absolute Gasteiger partial charge is 0.370 e. The zero-order valence-corrected chi connectivity index (χ0v) is 23.0. The van der Waals surface area contributed by atoms with Gasteiger partial charge >= 0.3 is 0 Å². The first-order chi connectivity index (χ1) is 17.8. The van der Waals surface area contributed by atoms with Crippen LogP contribution in [0.2, 0.25) is 0 Å². The Kier molecular flexibility index (Phi) is 8.47. The van der Waals surface area contributed by atoms with Gasteiger partial charge in [-0.05, 0) is 54.8 Å². The fraction of sp³-hybridized carbons (Fsp3) is 0.185. The van der Waals surface area contributed by atoms with Crippen LogP contribution in [-0.4, -0.2) is 43.0 Å². The Morgan fingerprint density at radius 2 is 1.39 bits per heavy atom. The second-order valence-electron chi connectivity index (χ2n) is 8.82. The van der Waals surface area contributed by atoms with E-state index in [1.54, 1.807) is 48.5 Å². The van der Waals surface area contributed by atoms with Crippen LogP contribution in [0.3, 0.4) is 0 Å². The molecule has 4 aromatic rings. The predicted molar refractivity (Wildman–Crippen MR) is 155 cm³/mol. The zero-order valence-electron chi connectivity index (χ0n) is 20.5. The number of hydrogen-bond donors (Lipinski definition) is 3. The lowest BCUT2D eigenvalue weighted by atomic mass is 10.1. The van der Waals surface area contributed by atoms with Crippen LogP contribution in [0.5, 0.6) is 0 Å². The summed E-state index contributed by atoms with van der Waals surface area (Å²) in [6, 6.07) is 25.4. The van der Waals surface area contributed by atoms with Crippen molar-refractivity contribution in [2.24, 2.45) is 0 Å². The summed E-state index contributed by atoms with van der Waals surface area (Å²) in [6.45, 7) is 3.28. The molecule has 200 valence electrons. The number of halogens is 1. The second-order valence-corrected chi connectivity index (χ2v) is 12.2. The highest BCUT2D eigenvalue weighted by Crippen LogP contribution is 2.33. The minimum absolute atomic E-state index is 0. The van der Waals surface area contributed by atoms with Gasteiger partial charge in [0.1, 0.15) is 0 Å². The smallest absolute Gasteiger partial charge is 0.262 e. The topological polar surface area (TPSA) is 108 Å². The number of sulfonamides is 2. The van der Waals surface area contributed by atoms with E-state index in [-0.39, 0.29) is 33.6 Å². The Morgan fingerprint density at radius 1 is 0.684 bits per heavy atom. The minimum Gasteiger partial charge on any atom is -0.370 e. The molecule has 1 fully saturated rings. The van der Waals surface area contributed by atoms with Crippen molar-refractivity contribution in [3.05, 3.63) is 91.0 Å². The van der Waals surface area contributed by atoms with Crippen molar-refractivity contribution in [2.45, 2.75) is 16.2 Å². The molecule has 1 saturated heterocycles. The first-order valence-corrected chi connectivity index (χ1v) is 15.0. The molecule has 0 aliphatic carbocycles. The summed E-state index contributed by atoms with van der Waals surface area (Å²) in [7, 11) is -8.00. The first-order valence-electron chi connectivity index (χ1n) is 12.0. The number of anilines is 3. The fourth-order valence-electron chi connectivity index (χ4n) is 4.44. The molecule has 5 rings (SSSR count). The van der Waals surface area contributed by atoms with Crippen LogP contribution in [-0.2, 0) is 20.0 Å². The van der Waals surface area contributed by atoms with Crippen molar-refractivity contribution in [3.63, 3.8) is 0 Å². The normalized spacial score (nSPS) is 14.4. The lowest BCUT2D eigenvalue weighted by Gasteiger charge is -2.24. The molecule has 3 N–H and O–H groups in total. The van der Waals surface area contributed by atoms with Crippen LogP contribution in [0.15, 0.2) is 101 Å². The lowest BCUT2D eigenvalue weighted by molar-refractivity contribution is 0.599. The molecular formula is C27H29ClN4O4S2. The molecule has 0 unspecified atom stereocenters. The Bertz CT molecular complexity index is 1620. The van der Waals surface area contributed by atoms with Crippen LogP contribution in [0.4, 0.5) is 17.1 Å². The summed E-state index contributed by atoms with van der Waals surface area (Å²) >= 11 is 0. The van der Waals surface area contributed by atoms with Crippen LogP contribution >= 0.6 is 12.4 Å². The first kappa shape index (κ1) is 27.7. The summed E-state index contributed by atoms with van der Waals surface area (Å²) in [5.74, 6) is 0. The van der Waals surface area contributed by atoms with Crippen LogP contribution in [0.1, 0.15) is 6.42 Å². The summed E-state index contributed by atoms with van der Waals surface area (Å²) < 4.78 is 58.7. The van der Waals surface area contributed by atoms with E-state index >= 15 is 0 Å². The number of rotatable bonds is 7. The SMILES string of the molecule is Cl.O=S(=O)(Nc1cc(N2CCCNCC2)ccc1NS(=O)(=O)c1cccc2ccccc12)c1ccccc1. The molecule has 1 heterocycles. The van der Waals surface area contributed by atoms with Gasteiger partial charge in [0.2, 0.25) is 0 Å². The van der Waals surface area contributed by atoms with E-state index in [9.17, 15) is 16.8 Å². The Morgan fingerprint density at radius 3 is 2.21 bits per heavy atom. The summed E-state index contributed by atoms with van der Waals surface area (Å²) in [5, 5.41) is 4.72. The lowest BCUT2D eigenvalue weighted by Crippen LogP contribution is -2.28.